The fraction of sp³-hybridized carbons (Fsp3) is 0.741. The summed E-state index contributed by atoms with van der Waals surface area (Å²) in [6, 6.07) is 4.32. The average molecular weight is 472 g/mol. The number of ketones is 1. The van der Waals surface area contributed by atoms with Crippen molar-refractivity contribution in [2.45, 2.75) is 76.9 Å². The first-order valence-electron chi connectivity index (χ1n) is 13.1. The third kappa shape index (κ3) is 3.52. The van der Waals surface area contributed by atoms with Gasteiger partial charge < -0.3 is 5.11 Å². The van der Waals surface area contributed by atoms with Gasteiger partial charge in [0.15, 0.2) is 5.78 Å². The van der Waals surface area contributed by atoms with E-state index in [2.05, 4.69) is 17.1 Å². The first-order valence-corrected chi connectivity index (χ1v) is 13.1. The molecule has 0 spiro atoms. The summed E-state index contributed by atoms with van der Waals surface area (Å²) in [7, 11) is 0. The van der Waals surface area contributed by atoms with E-state index in [9.17, 15) is 18.7 Å². The Labute approximate surface area is 199 Å². The maximum Gasteiger partial charge on any atom is 0.159 e. The highest BCUT2D eigenvalue weighted by Crippen LogP contribution is 2.64. The van der Waals surface area contributed by atoms with E-state index < -0.39 is 12.3 Å². The van der Waals surface area contributed by atoms with E-state index in [1.54, 1.807) is 6.07 Å². The number of hydrogen-bond acceptors (Lipinski definition) is 4. The molecule has 1 heterocycles. The molecule has 34 heavy (non-hydrogen) atoms. The first kappa shape index (κ1) is 22.6. The van der Waals surface area contributed by atoms with Crippen molar-refractivity contribution in [2.75, 3.05) is 6.67 Å². The van der Waals surface area contributed by atoms with Gasteiger partial charge in [0.05, 0.1) is 5.60 Å². The van der Waals surface area contributed by atoms with E-state index in [1.807, 2.05) is 0 Å². The van der Waals surface area contributed by atoms with E-state index in [-0.39, 0.29) is 29.5 Å². The van der Waals surface area contributed by atoms with Crippen LogP contribution in [-0.4, -0.2) is 38.2 Å². The molecular weight excluding hydrogens is 436 g/mol. The van der Waals surface area contributed by atoms with Crippen molar-refractivity contribution in [1.82, 2.24) is 15.0 Å². The monoisotopic (exact) mass is 471 g/mol. The Morgan fingerprint density at radius 1 is 1.06 bits per heavy atom. The van der Waals surface area contributed by atoms with Crippen LogP contribution in [0, 0.1) is 46.7 Å². The number of alkyl halides is 1. The molecule has 0 unspecified atom stereocenters. The van der Waals surface area contributed by atoms with Gasteiger partial charge in [0.1, 0.15) is 30.1 Å². The number of rotatable bonds is 4. The second kappa shape index (κ2) is 8.07. The SMILES string of the molecule is C[C@]12CC[C@H]3[C@@H](CC[C@H]4C[C@@](O)(CF)CC[C@@H]43)[C@@H]1CC[C@@H]2C(=O)Cn1nc2ccc(F)cc2n1. The molecule has 4 saturated carbocycles. The van der Waals surface area contributed by atoms with E-state index in [0.29, 0.717) is 53.5 Å². The molecule has 0 radical (unpaired) electrons. The minimum Gasteiger partial charge on any atom is -0.387 e. The predicted molar refractivity (Wildman–Crippen MR) is 124 cm³/mol. The molecule has 4 aliphatic carbocycles. The molecule has 7 heteroatoms. The number of aromatic nitrogens is 3. The fourth-order valence-corrected chi connectivity index (χ4v) is 8.87. The lowest BCUT2D eigenvalue weighted by atomic mass is 9.49. The molecule has 184 valence electrons. The number of carbonyl (C=O) groups is 1. The van der Waals surface area contributed by atoms with Gasteiger partial charge in [-0.25, -0.2) is 8.78 Å². The fourth-order valence-electron chi connectivity index (χ4n) is 8.87. The van der Waals surface area contributed by atoms with Crippen molar-refractivity contribution in [2.24, 2.45) is 40.9 Å². The first-order chi connectivity index (χ1) is 16.3. The summed E-state index contributed by atoms with van der Waals surface area (Å²) in [5.74, 6) is 2.77. The standard InChI is InChI=1S/C27H35F2N3O2/c1-26-10-8-19-18-9-11-27(34,15-28)13-16(18)2-4-20(19)21(26)5-6-22(26)25(33)14-32-30-23-7-3-17(29)12-24(23)31-32/h3,7,12,16,18-22,34H,2,4-6,8-11,13-15H2,1H3/t16-,18-,19+,20+,21-,22+,26-,27+/m0/s1. The minimum absolute atomic E-state index is 0.0120. The quantitative estimate of drug-likeness (QED) is 0.673. The molecule has 6 rings (SSSR count). The Bertz CT molecular complexity index is 1100. The van der Waals surface area contributed by atoms with Crippen molar-refractivity contribution in [3.63, 3.8) is 0 Å². The summed E-state index contributed by atoms with van der Waals surface area (Å²) in [5, 5.41) is 19.3. The Balaban J connectivity index is 1.17. The third-order valence-electron chi connectivity index (χ3n) is 10.4. The van der Waals surface area contributed by atoms with Crippen molar-refractivity contribution in [3.05, 3.63) is 24.0 Å². The number of fused-ring (bicyclic) bond motifs is 6. The predicted octanol–water partition coefficient (Wildman–Crippen LogP) is 5.11. The summed E-state index contributed by atoms with van der Waals surface area (Å²) in [5.41, 5.74) is -0.000999. The molecule has 4 fully saturated rings. The lowest BCUT2D eigenvalue weighted by molar-refractivity contribution is -0.134. The van der Waals surface area contributed by atoms with Gasteiger partial charge in [-0.05, 0) is 105 Å². The number of hydrogen-bond donors (Lipinski definition) is 1. The van der Waals surface area contributed by atoms with Gasteiger partial charge in [-0.3, -0.25) is 4.79 Å². The number of carbonyl (C=O) groups excluding carboxylic acids is 1. The number of nitrogens with zero attached hydrogens (tertiary/aromatic N) is 3. The maximum atomic E-state index is 13.5. The smallest absolute Gasteiger partial charge is 0.159 e. The highest BCUT2D eigenvalue weighted by molar-refractivity contribution is 5.82. The van der Waals surface area contributed by atoms with Crippen LogP contribution in [0.5, 0.6) is 0 Å². The zero-order chi connectivity index (χ0) is 23.7. The summed E-state index contributed by atoms with van der Waals surface area (Å²) in [6.45, 7) is 1.86. The lowest BCUT2D eigenvalue weighted by Crippen LogP contribution is -2.52. The van der Waals surface area contributed by atoms with Gasteiger partial charge in [0, 0.05) is 12.0 Å². The Hall–Kier alpha value is -1.89. The summed E-state index contributed by atoms with van der Waals surface area (Å²) in [4.78, 5) is 14.9. The van der Waals surface area contributed by atoms with Crippen LogP contribution in [0.3, 0.4) is 0 Å². The molecule has 0 saturated heterocycles. The summed E-state index contributed by atoms with van der Waals surface area (Å²) >= 11 is 0. The summed E-state index contributed by atoms with van der Waals surface area (Å²) < 4.78 is 26.9. The van der Waals surface area contributed by atoms with E-state index in [1.165, 1.54) is 16.9 Å². The van der Waals surface area contributed by atoms with Gasteiger partial charge in [-0.15, -0.1) is 0 Å². The maximum absolute atomic E-state index is 13.5. The van der Waals surface area contributed by atoms with Crippen LogP contribution < -0.4 is 0 Å². The highest BCUT2D eigenvalue weighted by Gasteiger charge is 2.59. The van der Waals surface area contributed by atoms with Crippen LogP contribution in [0.2, 0.25) is 0 Å². The lowest BCUT2D eigenvalue weighted by Gasteiger charge is -2.56. The molecule has 8 atom stereocenters. The Morgan fingerprint density at radius 2 is 1.85 bits per heavy atom. The zero-order valence-electron chi connectivity index (χ0n) is 19.9. The number of halogens is 2. The largest absolute Gasteiger partial charge is 0.387 e. The molecule has 0 amide bonds. The van der Waals surface area contributed by atoms with Crippen molar-refractivity contribution in [3.8, 4) is 0 Å². The molecule has 2 aromatic rings. The zero-order valence-corrected chi connectivity index (χ0v) is 19.9. The van der Waals surface area contributed by atoms with E-state index >= 15 is 0 Å². The molecule has 5 nitrogen and oxygen atoms in total. The molecular formula is C27H35F2N3O2. The van der Waals surface area contributed by atoms with Gasteiger partial charge >= 0.3 is 0 Å². The second-order valence-electron chi connectivity index (χ2n) is 12.0. The van der Waals surface area contributed by atoms with Crippen molar-refractivity contribution in [1.29, 1.82) is 0 Å². The second-order valence-corrected chi connectivity index (χ2v) is 12.0. The number of benzene rings is 1. The van der Waals surface area contributed by atoms with Crippen LogP contribution in [0.25, 0.3) is 11.0 Å². The van der Waals surface area contributed by atoms with Crippen molar-refractivity contribution < 1.29 is 18.7 Å². The van der Waals surface area contributed by atoms with Gasteiger partial charge in [-0.1, -0.05) is 6.92 Å². The van der Waals surface area contributed by atoms with Crippen LogP contribution in [0.4, 0.5) is 8.78 Å². The van der Waals surface area contributed by atoms with Crippen LogP contribution >= 0.6 is 0 Å². The molecule has 1 aromatic heterocycles. The van der Waals surface area contributed by atoms with E-state index in [4.69, 9.17) is 0 Å². The molecule has 0 bridgehead atoms. The molecule has 0 aliphatic heterocycles. The number of aliphatic hydroxyl groups is 1. The summed E-state index contributed by atoms with van der Waals surface area (Å²) in [6.07, 6.45) is 8.60. The Kier molecular flexibility index (Phi) is 5.36. The van der Waals surface area contributed by atoms with Crippen LogP contribution in [-0.2, 0) is 11.3 Å². The Morgan fingerprint density at radius 3 is 2.68 bits per heavy atom. The molecule has 4 aliphatic rings. The van der Waals surface area contributed by atoms with Crippen LogP contribution in [0.15, 0.2) is 18.2 Å². The van der Waals surface area contributed by atoms with Gasteiger partial charge in [0.2, 0.25) is 0 Å². The van der Waals surface area contributed by atoms with Gasteiger partial charge in [-0.2, -0.15) is 15.0 Å². The minimum atomic E-state index is -1.10. The molecule has 1 aromatic carbocycles. The highest BCUT2D eigenvalue weighted by atomic mass is 19.1. The topological polar surface area (TPSA) is 68.0 Å². The van der Waals surface area contributed by atoms with Crippen molar-refractivity contribution >= 4 is 16.8 Å². The number of Topliss-reactive ketones (excluding diaryl/α,β-unsaturated/α-hetero) is 1. The van der Waals surface area contributed by atoms with E-state index in [0.717, 1.165) is 44.9 Å². The average Bonchev–Trinajstić information content (AvgIpc) is 3.38. The normalized spacial score (nSPS) is 41.6. The third-order valence-corrected chi connectivity index (χ3v) is 10.4. The molecule has 1 N–H and O–H groups in total. The van der Waals surface area contributed by atoms with Crippen LogP contribution in [0.1, 0.15) is 64.7 Å². The van der Waals surface area contributed by atoms with Gasteiger partial charge in [0.25, 0.3) is 0 Å².